The molecule has 2 N–H and O–H groups in total. The zero-order valence-electron chi connectivity index (χ0n) is 13.2. The van der Waals surface area contributed by atoms with Gasteiger partial charge in [0.15, 0.2) is 5.16 Å². The lowest BCUT2D eigenvalue weighted by molar-refractivity contribution is -0.125. The summed E-state index contributed by atoms with van der Waals surface area (Å²) in [5.74, 6) is 6.03. The molecule has 3 rings (SSSR count). The summed E-state index contributed by atoms with van der Waals surface area (Å²) < 4.78 is 1.02. The predicted octanol–water partition coefficient (Wildman–Crippen LogP) is 2.02. The number of carbonyl (C=O) groups excluding carboxylic acids is 1. The van der Waals surface area contributed by atoms with Crippen molar-refractivity contribution in [2.45, 2.75) is 5.16 Å². The fraction of sp³-hybridized carbons (Fsp3) is 0.188. The van der Waals surface area contributed by atoms with Crippen LogP contribution in [0.1, 0.15) is 0 Å². The maximum absolute atomic E-state index is 12.7. The minimum absolute atomic E-state index is 0.0644. The summed E-state index contributed by atoms with van der Waals surface area (Å²) in [5, 5.41) is 2.76. The summed E-state index contributed by atoms with van der Waals surface area (Å²) >= 11 is 2.56. The van der Waals surface area contributed by atoms with E-state index in [1.54, 1.807) is 14.1 Å². The molecule has 0 fully saturated rings. The van der Waals surface area contributed by atoms with E-state index < -0.39 is 0 Å². The first-order valence-electron chi connectivity index (χ1n) is 7.16. The number of benzene rings is 1. The molecule has 24 heavy (non-hydrogen) atoms. The topological polar surface area (TPSA) is 81.2 Å². The highest BCUT2D eigenvalue weighted by atomic mass is 32.2. The minimum atomic E-state index is -0.306. The van der Waals surface area contributed by atoms with E-state index in [1.807, 2.05) is 35.7 Å². The van der Waals surface area contributed by atoms with Gasteiger partial charge < -0.3 is 10.7 Å². The molecule has 0 saturated carbocycles. The molecule has 2 heterocycles. The van der Waals surface area contributed by atoms with Crippen molar-refractivity contribution in [2.24, 2.45) is 0 Å². The Morgan fingerprint density at radius 1 is 1.33 bits per heavy atom. The Bertz CT molecular complexity index is 948. The Kier molecular flexibility index (Phi) is 4.59. The second kappa shape index (κ2) is 6.66. The number of aromatic nitrogens is 2. The maximum atomic E-state index is 12.7. The minimum Gasteiger partial charge on any atom is -0.348 e. The highest BCUT2D eigenvalue weighted by Crippen LogP contribution is 2.31. The van der Waals surface area contributed by atoms with Crippen molar-refractivity contribution in [3.05, 3.63) is 46.1 Å². The van der Waals surface area contributed by atoms with E-state index in [2.05, 4.69) is 4.98 Å². The van der Waals surface area contributed by atoms with Crippen LogP contribution in [0.4, 0.5) is 0 Å². The van der Waals surface area contributed by atoms with E-state index in [0.717, 1.165) is 27.6 Å². The van der Waals surface area contributed by atoms with Crippen molar-refractivity contribution in [1.29, 1.82) is 0 Å². The molecule has 0 spiro atoms. The normalized spacial score (nSPS) is 10.9. The van der Waals surface area contributed by atoms with E-state index in [9.17, 15) is 9.59 Å². The van der Waals surface area contributed by atoms with Gasteiger partial charge in [-0.15, -0.1) is 11.3 Å². The van der Waals surface area contributed by atoms with Crippen LogP contribution in [0.2, 0.25) is 0 Å². The van der Waals surface area contributed by atoms with Crippen LogP contribution in [-0.2, 0) is 4.79 Å². The molecule has 1 aromatic carbocycles. The van der Waals surface area contributed by atoms with Crippen molar-refractivity contribution in [1.82, 2.24) is 14.6 Å². The Labute approximate surface area is 146 Å². The third-order valence-corrected chi connectivity index (χ3v) is 5.33. The van der Waals surface area contributed by atoms with Crippen LogP contribution in [0, 0.1) is 0 Å². The fourth-order valence-electron chi connectivity index (χ4n) is 2.17. The average molecular weight is 360 g/mol. The second-order valence-electron chi connectivity index (χ2n) is 5.34. The molecule has 8 heteroatoms. The van der Waals surface area contributed by atoms with Gasteiger partial charge in [-0.3, -0.25) is 9.59 Å². The zero-order valence-corrected chi connectivity index (χ0v) is 14.9. The number of nitrogens with two attached hydrogens (primary N) is 1. The van der Waals surface area contributed by atoms with Gasteiger partial charge in [-0.05, 0) is 5.56 Å². The van der Waals surface area contributed by atoms with Crippen LogP contribution in [0.25, 0.3) is 21.3 Å². The first-order valence-corrected chi connectivity index (χ1v) is 9.03. The first-order chi connectivity index (χ1) is 11.5. The molecule has 1 amide bonds. The van der Waals surface area contributed by atoms with Gasteiger partial charge >= 0.3 is 0 Å². The third kappa shape index (κ3) is 3.02. The number of rotatable bonds is 4. The Morgan fingerprint density at radius 3 is 2.71 bits per heavy atom. The Balaban J connectivity index is 2.03. The van der Waals surface area contributed by atoms with Crippen LogP contribution in [0.3, 0.4) is 0 Å². The Hall–Kier alpha value is -2.32. The van der Waals surface area contributed by atoms with Gasteiger partial charge in [0.05, 0.1) is 11.1 Å². The smallest absolute Gasteiger partial charge is 0.282 e. The van der Waals surface area contributed by atoms with Crippen molar-refractivity contribution >= 4 is 39.2 Å². The number of fused-ring (bicyclic) bond motifs is 1. The molecule has 124 valence electrons. The number of thioether (sulfide) groups is 1. The molecule has 0 unspecified atom stereocenters. The summed E-state index contributed by atoms with van der Waals surface area (Å²) in [6.07, 6.45) is 0. The summed E-state index contributed by atoms with van der Waals surface area (Å²) in [5.41, 5.74) is 1.47. The quantitative estimate of drug-likeness (QED) is 0.437. The number of hydrogen-bond acceptors (Lipinski definition) is 6. The molecule has 0 radical (unpaired) electrons. The van der Waals surface area contributed by atoms with Gasteiger partial charge in [0, 0.05) is 25.0 Å². The monoisotopic (exact) mass is 360 g/mol. The number of amides is 1. The molecule has 6 nitrogen and oxygen atoms in total. The Morgan fingerprint density at radius 2 is 2.04 bits per heavy atom. The molecule has 0 aliphatic carbocycles. The van der Waals surface area contributed by atoms with Gasteiger partial charge in [-0.25, -0.2) is 9.66 Å². The molecule has 0 bridgehead atoms. The summed E-state index contributed by atoms with van der Waals surface area (Å²) in [6.45, 7) is 0. The van der Waals surface area contributed by atoms with Crippen molar-refractivity contribution in [3.8, 4) is 11.1 Å². The molecule has 0 aliphatic rings. The third-order valence-electron chi connectivity index (χ3n) is 3.52. The number of nitrogen functional groups attached to an aromatic ring is 1. The number of thiophene rings is 1. The van der Waals surface area contributed by atoms with Gasteiger partial charge in [0.2, 0.25) is 5.91 Å². The van der Waals surface area contributed by atoms with Crippen molar-refractivity contribution < 1.29 is 4.79 Å². The van der Waals surface area contributed by atoms with E-state index in [1.165, 1.54) is 16.2 Å². The maximum Gasteiger partial charge on any atom is 0.282 e. The summed E-state index contributed by atoms with van der Waals surface area (Å²) in [7, 11) is 3.36. The zero-order chi connectivity index (χ0) is 17.3. The summed E-state index contributed by atoms with van der Waals surface area (Å²) in [6, 6.07) is 9.66. The van der Waals surface area contributed by atoms with Crippen molar-refractivity contribution in [3.63, 3.8) is 0 Å². The van der Waals surface area contributed by atoms with Crippen LogP contribution in [-0.4, -0.2) is 40.3 Å². The molecule has 0 atom stereocenters. The highest BCUT2D eigenvalue weighted by Gasteiger charge is 2.17. The van der Waals surface area contributed by atoms with E-state index in [0.29, 0.717) is 15.4 Å². The first kappa shape index (κ1) is 16.5. The van der Waals surface area contributed by atoms with E-state index in [-0.39, 0.29) is 17.2 Å². The number of carbonyl (C=O) groups is 1. The van der Waals surface area contributed by atoms with Crippen LogP contribution in [0.5, 0.6) is 0 Å². The number of hydrogen-bond donors (Lipinski definition) is 1. The van der Waals surface area contributed by atoms with Gasteiger partial charge in [0.25, 0.3) is 5.56 Å². The largest absolute Gasteiger partial charge is 0.348 e. The molecular formula is C16H16N4O2S2. The molecule has 0 saturated heterocycles. The molecule has 0 aliphatic heterocycles. The average Bonchev–Trinajstić information content (AvgIpc) is 3.01. The summed E-state index contributed by atoms with van der Waals surface area (Å²) in [4.78, 5) is 31.0. The van der Waals surface area contributed by atoms with E-state index >= 15 is 0 Å². The second-order valence-corrected chi connectivity index (χ2v) is 7.14. The molecular weight excluding hydrogens is 344 g/mol. The van der Waals surface area contributed by atoms with E-state index in [4.69, 9.17) is 5.84 Å². The van der Waals surface area contributed by atoms with Crippen LogP contribution in [0.15, 0.2) is 45.7 Å². The number of nitrogens with zero attached hydrogens (tertiary/aromatic N) is 3. The lowest BCUT2D eigenvalue weighted by Gasteiger charge is -2.11. The predicted molar refractivity (Wildman–Crippen MR) is 98.9 cm³/mol. The van der Waals surface area contributed by atoms with Gasteiger partial charge in [0.1, 0.15) is 4.83 Å². The lowest BCUT2D eigenvalue weighted by Crippen LogP contribution is -2.30. The highest BCUT2D eigenvalue weighted by molar-refractivity contribution is 7.99. The van der Waals surface area contributed by atoms with Crippen LogP contribution >= 0.6 is 23.1 Å². The SMILES string of the molecule is CN(C)C(=O)CSc1nc2scc(-c3ccccc3)c2c(=O)n1N. The van der Waals surface area contributed by atoms with Crippen molar-refractivity contribution in [2.75, 3.05) is 25.7 Å². The lowest BCUT2D eigenvalue weighted by atomic mass is 10.1. The van der Waals surface area contributed by atoms with Gasteiger partial charge in [-0.1, -0.05) is 42.1 Å². The fourth-order valence-corrected chi connectivity index (χ4v) is 4.06. The van der Waals surface area contributed by atoms with Gasteiger partial charge in [-0.2, -0.15) is 0 Å². The van der Waals surface area contributed by atoms with Crippen LogP contribution < -0.4 is 11.4 Å². The molecule has 2 aromatic heterocycles. The standard InChI is InChI=1S/C16H16N4O2S2/c1-19(2)12(21)9-24-16-18-14-13(15(22)20(16)17)11(8-23-14)10-6-4-3-5-7-10/h3-8H,9,17H2,1-2H3. The molecule has 3 aromatic rings.